The summed E-state index contributed by atoms with van der Waals surface area (Å²) in [5.41, 5.74) is 1.08. The number of benzene rings is 1. The number of hydrogen-bond donors (Lipinski definition) is 3. The van der Waals surface area contributed by atoms with Crippen molar-refractivity contribution in [3.8, 4) is 0 Å². The molecule has 7 heteroatoms. The Kier molecular flexibility index (Phi) is 5.80. The van der Waals surface area contributed by atoms with Crippen LogP contribution >= 0.6 is 0 Å². The summed E-state index contributed by atoms with van der Waals surface area (Å²) in [6.45, 7) is 3.56. The fourth-order valence-corrected chi connectivity index (χ4v) is 3.64. The molecule has 0 aliphatic carbocycles. The molecule has 2 heterocycles. The van der Waals surface area contributed by atoms with Crippen molar-refractivity contribution >= 4 is 5.91 Å². The van der Waals surface area contributed by atoms with Crippen LogP contribution in [0, 0.1) is 0 Å². The highest BCUT2D eigenvalue weighted by Crippen LogP contribution is 2.27. The maximum atomic E-state index is 11.4. The van der Waals surface area contributed by atoms with Crippen molar-refractivity contribution in [1.29, 1.82) is 0 Å². The van der Waals surface area contributed by atoms with Gasteiger partial charge in [0.25, 0.3) is 0 Å². The van der Waals surface area contributed by atoms with Gasteiger partial charge in [-0.1, -0.05) is 30.3 Å². The third-order valence-corrected chi connectivity index (χ3v) is 5.00. The largest absolute Gasteiger partial charge is 0.374 e. The summed E-state index contributed by atoms with van der Waals surface area (Å²) in [7, 11) is 1.69. The van der Waals surface area contributed by atoms with Gasteiger partial charge in [-0.15, -0.1) is 0 Å². The van der Waals surface area contributed by atoms with Gasteiger partial charge in [0, 0.05) is 32.6 Å². The zero-order chi connectivity index (χ0) is 18.7. The fraction of sp³-hybridized carbons (Fsp3) is 0.526. The second kappa shape index (κ2) is 8.07. The molecule has 1 saturated heterocycles. The number of likely N-dealkylation sites (N-methyl/N-ethyl adjacent to an activating group) is 1. The van der Waals surface area contributed by atoms with Crippen molar-refractivity contribution in [1.82, 2.24) is 20.0 Å². The van der Waals surface area contributed by atoms with Gasteiger partial charge < -0.3 is 25.3 Å². The Morgan fingerprint density at radius 2 is 2.00 bits per heavy atom. The minimum Gasteiger partial charge on any atom is -0.374 e. The molecular formula is C19H28N4O3. The quantitative estimate of drug-likeness (QED) is 0.725. The second-order valence-electron chi connectivity index (χ2n) is 7.05. The van der Waals surface area contributed by atoms with Gasteiger partial charge in [0.05, 0.1) is 0 Å². The third kappa shape index (κ3) is 4.17. The first kappa shape index (κ1) is 18.7. The van der Waals surface area contributed by atoms with E-state index in [9.17, 15) is 15.0 Å². The van der Waals surface area contributed by atoms with Crippen LogP contribution in [0.4, 0.5) is 0 Å². The molecule has 142 valence electrons. The van der Waals surface area contributed by atoms with Gasteiger partial charge in [-0.05, 0) is 31.5 Å². The van der Waals surface area contributed by atoms with Crippen LogP contribution in [0.3, 0.4) is 0 Å². The Balaban J connectivity index is 1.83. The Bertz CT molecular complexity index is 651. The van der Waals surface area contributed by atoms with Gasteiger partial charge in [0.15, 0.2) is 6.35 Å². The first-order valence-electron chi connectivity index (χ1n) is 9.08. The van der Waals surface area contributed by atoms with Gasteiger partial charge in [-0.2, -0.15) is 0 Å². The van der Waals surface area contributed by atoms with E-state index in [1.807, 2.05) is 35.2 Å². The van der Waals surface area contributed by atoms with Crippen molar-refractivity contribution in [3.63, 3.8) is 0 Å². The number of amides is 1. The number of aliphatic hydroxyl groups excluding tert-OH is 2. The van der Waals surface area contributed by atoms with E-state index >= 15 is 0 Å². The van der Waals surface area contributed by atoms with Crippen LogP contribution in [0.5, 0.6) is 0 Å². The Labute approximate surface area is 154 Å². The molecule has 7 nitrogen and oxygen atoms in total. The van der Waals surface area contributed by atoms with E-state index in [0.29, 0.717) is 13.1 Å². The lowest BCUT2D eigenvalue weighted by Crippen LogP contribution is -2.58. The minimum absolute atomic E-state index is 0.0320. The molecule has 1 fully saturated rings. The Hall–Kier alpha value is -2.09. The number of carbonyl (C=O) groups is 1. The van der Waals surface area contributed by atoms with Crippen molar-refractivity contribution in [2.75, 3.05) is 20.1 Å². The van der Waals surface area contributed by atoms with E-state index in [1.165, 1.54) is 11.8 Å². The molecular weight excluding hydrogens is 332 g/mol. The monoisotopic (exact) mass is 360 g/mol. The van der Waals surface area contributed by atoms with Crippen LogP contribution in [0.2, 0.25) is 0 Å². The zero-order valence-corrected chi connectivity index (χ0v) is 15.4. The Morgan fingerprint density at radius 1 is 1.27 bits per heavy atom. The lowest BCUT2D eigenvalue weighted by molar-refractivity contribution is -0.162. The summed E-state index contributed by atoms with van der Waals surface area (Å²) in [4.78, 5) is 17.0. The van der Waals surface area contributed by atoms with Gasteiger partial charge >= 0.3 is 0 Å². The molecule has 0 saturated carbocycles. The van der Waals surface area contributed by atoms with E-state index in [4.69, 9.17) is 0 Å². The zero-order valence-electron chi connectivity index (χ0n) is 15.4. The van der Waals surface area contributed by atoms with E-state index < -0.39 is 12.6 Å². The molecule has 26 heavy (non-hydrogen) atoms. The van der Waals surface area contributed by atoms with Gasteiger partial charge in [-0.25, -0.2) is 4.90 Å². The van der Waals surface area contributed by atoms with Gasteiger partial charge in [-0.3, -0.25) is 4.79 Å². The molecule has 1 amide bonds. The predicted octanol–water partition coefficient (Wildman–Crippen LogP) is 0.470. The molecule has 2 aliphatic heterocycles. The van der Waals surface area contributed by atoms with Crippen LogP contribution in [0.1, 0.15) is 25.3 Å². The molecule has 0 unspecified atom stereocenters. The van der Waals surface area contributed by atoms with E-state index in [2.05, 4.69) is 10.2 Å². The third-order valence-electron chi connectivity index (χ3n) is 5.00. The van der Waals surface area contributed by atoms with Crippen LogP contribution in [0.25, 0.3) is 0 Å². The highest BCUT2D eigenvalue weighted by Gasteiger charge is 2.35. The number of aliphatic hydroxyl groups is 2. The van der Waals surface area contributed by atoms with Gasteiger partial charge in [0.2, 0.25) is 5.91 Å². The minimum atomic E-state index is -0.925. The molecule has 1 aromatic rings. The van der Waals surface area contributed by atoms with Gasteiger partial charge in [0.1, 0.15) is 12.0 Å². The lowest BCUT2D eigenvalue weighted by Gasteiger charge is -2.47. The number of rotatable bonds is 4. The number of piperidine rings is 1. The standard InChI is InChI=1S/C19H28N4O3/c1-14(24)20-16-9-6-10-22(13-16)17-11-18(25)21(2)19(26)23(17)12-15-7-4-3-5-8-15/h3-5,7-8,11,16,18-19,25-26H,6,9-10,12-13H2,1-2H3,(H,20,24)/t16-,18-,19+/m1/s1. The molecule has 0 spiro atoms. The summed E-state index contributed by atoms with van der Waals surface area (Å²) < 4.78 is 0. The topological polar surface area (TPSA) is 79.3 Å². The van der Waals surface area contributed by atoms with Crippen molar-refractivity contribution in [3.05, 3.63) is 47.8 Å². The lowest BCUT2D eigenvalue weighted by atomic mass is 10.0. The SMILES string of the molecule is CC(=O)N[C@@H]1CCCN(C2=C[C@@H](O)N(C)[C@H](O)N2Cc2ccccc2)C1. The highest BCUT2D eigenvalue weighted by atomic mass is 16.3. The normalized spacial score (nSPS) is 27.2. The first-order chi connectivity index (χ1) is 12.5. The molecule has 0 bridgehead atoms. The molecule has 3 N–H and O–H groups in total. The molecule has 2 aliphatic rings. The van der Waals surface area contributed by atoms with E-state index in [-0.39, 0.29) is 11.9 Å². The number of carbonyl (C=O) groups excluding carboxylic acids is 1. The summed E-state index contributed by atoms with van der Waals surface area (Å²) >= 11 is 0. The maximum Gasteiger partial charge on any atom is 0.217 e. The predicted molar refractivity (Wildman–Crippen MR) is 98.3 cm³/mol. The van der Waals surface area contributed by atoms with Crippen LogP contribution in [-0.2, 0) is 11.3 Å². The fourth-order valence-electron chi connectivity index (χ4n) is 3.64. The summed E-state index contributed by atoms with van der Waals surface area (Å²) in [6, 6.07) is 10.0. The second-order valence-corrected chi connectivity index (χ2v) is 7.05. The van der Waals surface area contributed by atoms with Crippen molar-refractivity contribution < 1.29 is 15.0 Å². The van der Waals surface area contributed by atoms with Crippen LogP contribution < -0.4 is 5.32 Å². The average molecular weight is 360 g/mol. The summed E-state index contributed by atoms with van der Waals surface area (Å²) in [5, 5.41) is 24.0. The molecule has 1 aromatic carbocycles. The molecule has 0 aromatic heterocycles. The number of likely N-dealkylation sites (tertiary alicyclic amines) is 1. The molecule has 3 atom stereocenters. The van der Waals surface area contributed by atoms with E-state index in [0.717, 1.165) is 30.8 Å². The molecule has 0 radical (unpaired) electrons. The number of hydrogen-bond acceptors (Lipinski definition) is 6. The molecule has 3 rings (SSSR count). The van der Waals surface area contributed by atoms with Crippen molar-refractivity contribution in [2.24, 2.45) is 0 Å². The van der Waals surface area contributed by atoms with E-state index in [1.54, 1.807) is 13.1 Å². The summed E-state index contributed by atoms with van der Waals surface area (Å²) in [5.74, 6) is 0.775. The smallest absolute Gasteiger partial charge is 0.217 e. The first-order valence-corrected chi connectivity index (χ1v) is 9.08. The maximum absolute atomic E-state index is 11.4. The number of nitrogens with zero attached hydrogens (tertiary/aromatic N) is 3. The average Bonchev–Trinajstić information content (AvgIpc) is 2.62. The Morgan fingerprint density at radius 3 is 2.69 bits per heavy atom. The summed E-state index contributed by atoms with van der Waals surface area (Å²) in [6.07, 6.45) is 1.88. The number of nitrogens with one attached hydrogen (secondary N) is 1. The van der Waals surface area contributed by atoms with Crippen LogP contribution in [0.15, 0.2) is 42.2 Å². The van der Waals surface area contributed by atoms with Crippen LogP contribution in [-0.4, -0.2) is 69.6 Å². The highest BCUT2D eigenvalue weighted by molar-refractivity contribution is 5.73. The van der Waals surface area contributed by atoms with Crippen molar-refractivity contribution in [2.45, 2.75) is 44.9 Å².